The van der Waals surface area contributed by atoms with Crippen LogP contribution >= 0.6 is 0 Å². The molecule has 0 radical (unpaired) electrons. The number of nitrogen functional groups attached to an aromatic ring is 1. The molecule has 4 aromatic carbocycles. The number of nitrogens with two attached hydrogens (primary N) is 1. The summed E-state index contributed by atoms with van der Waals surface area (Å²) in [5.41, 5.74) is 13.6. The van der Waals surface area contributed by atoms with Crippen molar-refractivity contribution in [2.75, 3.05) is 11.1 Å². The van der Waals surface area contributed by atoms with Gasteiger partial charge in [0.25, 0.3) is 0 Å². The van der Waals surface area contributed by atoms with Crippen LogP contribution in [0.4, 0.5) is 11.4 Å². The van der Waals surface area contributed by atoms with Crippen molar-refractivity contribution in [2.45, 2.75) is 19.0 Å². The standard InChI is InChI=1S/C29H26N4O/c30-26-14-13-24(33-29(34)27-16-21-9-4-5-10-23(21)18-32-27)17-25(26)28(31)22-12-6-11-20(15-22)19-7-2-1-3-8-19/h1-15,17,27,31-32H,16,18,30H2,(H,33,34). The summed E-state index contributed by atoms with van der Waals surface area (Å²) in [5, 5.41) is 15.1. The Labute approximate surface area is 199 Å². The predicted octanol–water partition coefficient (Wildman–Crippen LogP) is 5.00. The molecule has 0 bridgehead atoms. The van der Waals surface area contributed by atoms with Crippen molar-refractivity contribution in [2.24, 2.45) is 0 Å². The second-order valence-electron chi connectivity index (χ2n) is 8.52. The van der Waals surface area contributed by atoms with E-state index in [0.29, 0.717) is 35.6 Å². The van der Waals surface area contributed by atoms with Gasteiger partial charge in [0, 0.05) is 29.0 Å². The summed E-state index contributed by atoms with van der Waals surface area (Å²) in [6, 6.07) is 31.1. The molecular weight excluding hydrogens is 420 g/mol. The zero-order valence-corrected chi connectivity index (χ0v) is 18.7. The third-order valence-electron chi connectivity index (χ3n) is 6.25. The zero-order chi connectivity index (χ0) is 23.5. The summed E-state index contributed by atoms with van der Waals surface area (Å²) in [4.78, 5) is 13.0. The highest BCUT2D eigenvalue weighted by Crippen LogP contribution is 2.25. The fourth-order valence-corrected chi connectivity index (χ4v) is 4.36. The van der Waals surface area contributed by atoms with Crippen LogP contribution < -0.4 is 16.4 Å². The van der Waals surface area contributed by atoms with Gasteiger partial charge in [0.05, 0.1) is 11.8 Å². The van der Waals surface area contributed by atoms with Gasteiger partial charge in [0.15, 0.2) is 0 Å². The lowest BCUT2D eigenvalue weighted by Crippen LogP contribution is -2.44. The molecule has 0 fully saturated rings. The molecule has 5 nitrogen and oxygen atoms in total. The lowest BCUT2D eigenvalue weighted by Gasteiger charge is -2.25. The lowest BCUT2D eigenvalue weighted by molar-refractivity contribution is -0.118. The van der Waals surface area contributed by atoms with Crippen LogP contribution in [0.2, 0.25) is 0 Å². The number of amides is 1. The first-order valence-corrected chi connectivity index (χ1v) is 11.3. The second kappa shape index (κ2) is 9.33. The first-order valence-electron chi connectivity index (χ1n) is 11.3. The Morgan fingerprint density at radius 1 is 0.853 bits per heavy atom. The molecule has 0 aromatic heterocycles. The number of hydrogen-bond acceptors (Lipinski definition) is 4. The smallest absolute Gasteiger partial charge is 0.241 e. The Morgan fingerprint density at radius 2 is 1.59 bits per heavy atom. The Bertz CT molecular complexity index is 1360. The molecule has 168 valence electrons. The van der Waals surface area contributed by atoms with Gasteiger partial charge in [-0.15, -0.1) is 0 Å². The minimum atomic E-state index is -0.307. The molecule has 0 saturated carbocycles. The lowest BCUT2D eigenvalue weighted by atomic mass is 9.95. The van der Waals surface area contributed by atoms with E-state index in [0.717, 1.165) is 16.7 Å². The molecule has 5 N–H and O–H groups in total. The quantitative estimate of drug-likeness (QED) is 0.257. The van der Waals surface area contributed by atoms with E-state index in [2.05, 4.69) is 22.8 Å². The summed E-state index contributed by atoms with van der Waals surface area (Å²) < 4.78 is 0. The van der Waals surface area contributed by atoms with Gasteiger partial charge < -0.3 is 16.4 Å². The zero-order valence-electron chi connectivity index (χ0n) is 18.7. The summed E-state index contributed by atoms with van der Waals surface area (Å²) in [6.07, 6.45) is 0.645. The van der Waals surface area contributed by atoms with Crippen LogP contribution in [0.15, 0.2) is 97.1 Å². The maximum absolute atomic E-state index is 13.0. The Morgan fingerprint density at radius 3 is 2.41 bits per heavy atom. The minimum Gasteiger partial charge on any atom is -0.398 e. The molecule has 0 aliphatic carbocycles. The Kier molecular flexibility index (Phi) is 5.93. The third-order valence-corrected chi connectivity index (χ3v) is 6.25. The average Bonchev–Trinajstić information content (AvgIpc) is 2.89. The predicted molar refractivity (Wildman–Crippen MR) is 138 cm³/mol. The van der Waals surface area contributed by atoms with E-state index in [1.54, 1.807) is 18.2 Å². The van der Waals surface area contributed by atoms with E-state index in [1.165, 1.54) is 11.1 Å². The van der Waals surface area contributed by atoms with Crippen LogP contribution in [0.1, 0.15) is 22.3 Å². The van der Waals surface area contributed by atoms with E-state index in [1.807, 2.05) is 66.7 Å². The Balaban J connectivity index is 1.35. The minimum absolute atomic E-state index is 0.0946. The number of rotatable bonds is 5. The highest BCUT2D eigenvalue weighted by Gasteiger charge is 2.24. The largest absolute Gasteiger partial charge is 0.398 e. The molecule has 0 saturated heterocycles. The number of carbonyl (C=O) groups is 1. The SMILES string of the molecule is N=C(c1cccc(-c2ccccc2)c1)c1cc(NC(=O)C2Cc3ccccc3CN2)ccc1N. The van der Waals surface area contributed by atoms with E-state index < -0.39 is 0 Å². The van der Waals surface area contributed by atoms with Crippen LogP contribution in [0, 0.1) is 5.41 Å². The van der Waals surface area contributed by atoms with Gasteiger partial charge >= 0.3 is 0 Å². The van der Waals surface area contributed by atoms with Crippen molar-refractivity contribution in [1.29, 1.82) is 5.41 Å². The number of carbonyl (C=O) groups excluding carboxylic acids is 1. The van der Waals surface area contributed by atoms with Gasteiger partial charge in [0.2, 0.25) is 5.91 Å². The van der Waals surface area contributed by atoms with Crippen LogP contribution in [-0.2, 0) is 17.8 Å². The number of benzene rings is 4. The molecule has 1 aliphatic rings. The fraction of sp³-hybridized carbons (Fsp3) is 0.103. The second-order valence-corrected chi connectivity index (χ2v) is 8.52. The first-order chi connectivity index (χ1) is 16.6. The van der Waals surface area contributed by atoms with E-state index >= 15 is 0 Å². The number of fused-ring (bicyclic) bond motifs is 1. The molecule has 1 heterocycles. The molecular formula is C29H26N4O. The van der Waals surface area contributed by atoms with Gasteiger partial charge in [-0.1, -0.05) is 72.8 Å². The molecule has 1 amide bonds. The summed E-state index contributed by atoms with van der Waals surface area (Å²) in [6.45, 7) is 0.670. The third kappa shape index (κ3) is 4.47. The van der Waals surface area contributed by atoms with Crippen molar-refractivity contribution in [1.82, 2.24) is 5.32 Å². The molecule has 1 atom stereocenters. The van der Waals surface area contributed by atoms with Crippen molar-refractivity contribution in [3.8, 4) is 11.1 Å². The number of nitrogens with one attached hydrogen (secondary N) is 3. The van der Waals surface area contributed by atoms with Gasteiger partial charge in [-0.25, -0.2) is 0 Å². The number of anilines is 2. The summed E-state index contributed by atoms with van der Waals surface area (Å²) in [7, 11) is 0. The highest BCUT2D eigenvalue weighted by atomic mass is 16.2. The van der Waals surface area contributed by atoms with Crippen molar-refractivity contribution in [3.63, 3.8) is 0 Å². The van der Waals surface area contributed by atoms with Gasteiger partial charge in [-0.05, 0) is 52.9 Å². The van der Waals surface area contributed by atoms with E-state index in [9.17, 15) is 4.79 Å². The molecule has 1 aliphatic heterocycles. The topological polar surface area (TPSA) is 91.0 Å². The fourth-order valence-electron chi connectivity index (χ4n) is 4.36. The molecule has 0 spiro atoms. The van der Waals surface area contributed by atoms with Crippen LogP contribution in [0.5, 0.6) is 0 Å². The van der Waals surface area contributed by atoms with Gasteiger partial charge in [-0.3, -0.25) is 10.2 Å². The molecule has 5 rings (SSSR count). The van der Waals surface area contributed by atoms with Gasteiger partial charge in [0.1, 0.15) is 0 Å². The molecule has 34 heavy (non-hydrogen) atoms. The molecule has 4 aromatic rings. The molecule has 1 unspecified atom stereocenters. The molecule has 5 heteroatoms. The number of hydrogen-bond donors (Lipinski definition) is 4. The maximum atomic E-state index is 13.0. The monoisotopic (exact) mass is 446 g/mol. The summed E-state index contributed by atoms with van der Waals surface area (Å²) in [5.74, 6) is -0.0946. The van der Waals surface area contributed by atoms with E-state index in [-0.39, 0.29) is 11.9 Å². The first kappa shape index (κ1) is 21.6. The van der Waals surface area contributed by atoms with Crippen LogP contribution in [0.25, 0.3) is 11.1 Å². The van der Waals surface area contributed by atoms with Crippen LogP contribution in [-0.4, -0.2) is 17.7 Å². The van der Waals surface area contributed by atoms with Crippen LogP contribution in [0.3, 0.4) is 0 Å². The summed E-state index contributed by atoms with van der Waals surface area (Å²) >= 11 is 0. The van der Waals surface area contributed by atoms with Crippen molar-refractivity contribution >= 4 is 23.0 Å². The van der Waals surface area contributed by atoms with Gasteiger partial charge in [-0.2, -0.15) is 0 Å². The highest BCUT2D eigenvalue weighted by molar-refractivity contribution is 6.15. The maximum Gasteiger partial charge on any atom is 0.241 e. The normalized spacial score (nSPS) is 14.8. The average molecular weight is 447 g/mol. The van der Waals surface area contributed by atoms with Crippen molar-refractivity contribution < 1.29 is 4.79 Å². The van der Waals surface area contributed by atoms with Crippen molar-refractivity contribution in [3.05, 3.63) is 119 Å². The van der Waals surface area contributed by atoms with E-state index in [4.69, 9.17) is 11.1 Å². The Hall–Kier alpha value is -4.22.